The van der Waals surface area contributed by atoms with E-state index < -0.39 is 24.7 Å². The summed E-state index contributed by atoms with van der Waals surface area (Å²) in [7, 11) is 1.64. The van der Waals surface area contributed by atoms with E-state index in [2.05, 4.69) is 5.32 Å². The summed E-state index contributed by atoms with van der Waals surface area (Å²) in [5.74, 6) is 0.108. The number of carbonyl (C=O) groups excluding carboxylic acids is 2. The number of urea groups is 1. The molecule has 1 heterocycles. The highest BCUT2D eigenvalue weighted by Crippen LogP contribution is 2.30. The quantitative estimate of drug-likeness (QED) is 0.838. The number of alkyl halides is 3. The van der Waals surface area contributed by atoms with Crippen molar-refractivity contribution >= 4 is 11.9 Å². The summed E-state index contributed by atoms with van der Waals surface area (Å²) in [5, 5.41) is 2.56. The van der Waals surface area contributed by atoms with Gasteiger partial charge in [-0.1, -0.05) is 0 Å². The Labute approximate surface area is 121 Å². The van der Waals surface area contributed by atoms with Crippen molar-refractivity contribution in [2.75, 3.05) is 26.7 Å². The van der Waals surface area contributed by atoms with E-state index in [0.717, 1.165) is 12.8 Å². The van der Waals surface area contributed by atoms with Crippen LogP contribution in [0.15, 0.2) is 0 Å². The van der Waals surface area contributed by atoms with Crippen molar-refractivity contribution < 1.29 is 22.8 Å². The summed E-state index contributed by atoms with van der Waals surface area (Å²) >= 11 is 0. The van der Waals surface area contributed by atoms with Gasteiger partial charge in [-0.3, -0.25) is 4.79 Å². The average molecular weight is 307 g/mol. The highest BCUT2D eigenvalue weighted by molar-refractivity contribution is 5.88. The zero-order chi connectivity index (χ0) is 15.6. The number of hydrogen-bond acceptors (Lipinski definition) is 2. The second-order valence-corrected chi connectivity index (χ2v) is 5.81. The van der Waals surface area contributed by atoms with Crippen LogP contribution in [0, 0.1) is 5.92 Å². The van der Waals surface area contributed by atoms with Gasteiger partial charge < -0.3 is 15.1 Å². The third kappa shape index (κ3) is 4.78. The monoisotopic (exact) mass is 307 g/mol. The molecule has 0 bridgehead atoms. The molecule has 0 radical (unpaired) electrons. The number of halogens is 3. The Morgan fingerprint density at radius 1 is 1.38 bits per heavy atom. The number of likely N-dealkylation sites (tertiary alicyclic amines) is 1. The van der Waals surface area contributed by atoms with Crippen LogP contribution < -0.4 is 5.32 Å². The van der Waals surface area contributed by atoms with Gasteiger partial charge in [0.05, 0.1) is 6.42 Å². The van der Waals surface area contributed by atoms with Crippen molar-refractivity contribution in [1.29, 1.82) is 0 Å². The molecule has 2 aliphatic rings. The third-order valence-corrected chi connectivity index (χ3v) is 3.85. The van der Waals surface area contributed by atoms with E-state index in [-0.39, 0.29) is 12.5 Å². The Balaban J connectivity index is 1.89. The normalized spacial score (nSPS) is 22.6. The minimum Gasteiger partial charge on any atom is -0.344 e. The zero-order valence-corrected chi connectivity index (χ0v) is 11.9. The molecule has 2 rings (SSSR count). The largest absolute Gasteiger partial charge is 0.390 e. The number of rotatable bonds is 5. The van der Waals surface area contributed by atoms with Gasteiger partial charge in [-0.25, -0.2) is 4.79 Å². The van der Waals surface area contributed by atoms with Crippen molar-refractivity contribution in [3.05, 3.63) is 0 Å². The average Bonchev–Trinajstić information content (AvgIpc) is 3.15. The molecule has 120 valence electrons. The minimum absolute atomic E-state index is 0.189. The summed E-state index contributed by atoms with van der Waals surface area (Å²) < 4.78 is 37.0. The Bertz CT molecular complexity index is 410. The molecule has 0 aromatic rings. The van der Waals surface area contributed by atoms with Crippen molar-refractivity contribution in [2.24, 2.45) is 5.92 Å². The fraction of sp³-hybridized carbons (Fsp3) is 0.846. The summed E-state index contributed by atoms with van der Waals surface area (Å²) in [6.07, 6.45) is -2.92. The van der Waals surface area contributed by atoms with Crippen molar-refractivity contribution in [1.82, 2.24) is 15.1 Å². The molecule has 1 unspecified atom stereocenters. The minimum atomic E-state index is -4.29. The lowest BCUT2D eigenvalue weighted by molar-refractivity contribution is -0.136. The van der Waals surface area contributed by atoms with E-state index in [1.54, 1.807) is 7.05 Å². The number of hydrogen-bond donors (Lipinski definition) is 1. The molecule has 8 heteroatoms. The molecule has 3 amide bonds. The summed E-state index contributed by atoms with van der Waals surface area (Å²) in [6.45, 7) is 0.524. The molecule has 0 aromatic carbocycles. The lowest BCUT2D eigenvalue weighted by Gasteiger charge is -2.25. The third-order valence-electron chi connectivity index (χ3n) is 3.85. The highest BCUT2D eigenvalue weighted by atomic mass is 19.4. The van der Waals surface area contributed by atoms with E-state index >= 15 is 0 Å². The van der Waals surface area contributed by atoms with Crippen LogP contribution in [0.25, 0.3) is 0 Å². The molecule has 1 N–H and O–H groups in total. The molecule has 21 heavy (non-hydrogen) atoms. The number of nitrogens with one attached hydrogen (secondary N) is 1. The number of likely N-dealkylation sites (N-methyl/N-ethyl adjacent to an activating group) is 1. The molecule has 5 nitrogen and oxygen atoms in total. The highest BCUT2D eigenvalue weighted by Gasteiger charge is 2.35. The molecule has 1 saturated carbocycles. The molecular weight excluding hydrogens is 287 g/mol. The van der Waals surface area contributed by atoms with Gasteiger partial charge in [0, 0.05) is 26.7 Å². The molecule has 1 saturated heterocycles. The maximum atomic E-state index is 12.3. The molecule has 2 fully saturated rings. The van der Waals surface area contributed by atoms with Gasteiger partial charge in [-0.2, -0.15) is 13.2 Å². The molecule has 1 aliphatic carbocycles. The summed E-state index contributed by atoms with van der Waals surface area (Å²) in [4.78, 5) is 26.5. The predicted octanol–water partition coefficient (Wildman–Crippen LogP) is 1.59. The summed E-state index contributed by atoms with van der Waals surface area (Å²) in [5.41, 5.74) is 0. The molecule has 1 atom stereocenters. The molecule has 1 aliphatic heterocycles. The van der Waals surface area contributed by atoms with E-state index in [9.17, 15) is 22.8 Å². The zero-order valence-electron chi connectivity index (χ0n) is 11.9. The van der Waals surface area contributed by atoms with E-state index in [1.807, 2.05) is 0 Å². The Morgan fingerprint density at radius 3 is 2.52 bits per heavy atom. The lowest BCUT2D eigenvalue weighted by atomic mass is 10.2. The van der Waals surface area contributed by atoms with Crippen LogP contribution in [-0.2, 0) is 4.79 Å². The van der Waals surface area contributed by atoms with Crippen molar-refractivity contribution in [3.63, 3.8) is 0 Å². The van der Waals surface area contributed by atoms with Crippen LogP contribution in [0.1, 0.15) is 25.7 Å². The van der Waals surface area contributed by atoms with Crippen molar-refractivity contribution in [3.8, 4) is 0 Å². The van der Waals surface area contributed by atoms with E-state index in [4.69, 9.17) is 0 Å². The second-order valence-electron chi connectivity index (χ2n) is 5.81. The van der Waals surface area contributed by atoms with Crippen LogP contribution in [0.2, 0.25) is 0 Å². The fourth-order valence-corrected chi connectivity index (χ4v) is 2.35. The SMILES string of the molecule is CN1CCC(NC(=O)N(CCC(F)(F)F)CC2CC2)C1=O. The Morgan fingerprint density at radius 2 is 2.05 bits per heavy atom. The second kappa shape index (κ2) is 6.11. The smallest absolute Gasteiger partial charge is 0.344 e. The lowest BCUT2D eigenvalue weighted by Crippen LogP contribution is -2.49. The van der Waals surface area contributed by atoms with Crippen LogP contribution in [0.5, 0.6) is 0 Å². The first-order valence-corrected chi connectivity index (χ1v) is 7.13. The number of amides is 3. The predicted molar refractivity (Wildman–Crippen MR) is 69.5 cm³/mol. The number of nitrogens with zero attached hydrogens (tertiary/aromatic N) is 2. The van der Waals surface area contributed by atoms with Gasteiger partial charge in [-0.15, -0.1) is 0 Å². The topological polar surface area (TPSA) is 52.7 Å². The van der Waals surface area contributed by atoms with Crippen LogP contribution in [0.4, 0.5) is 18.0 Å². The van der Waals surface area contributed by atoms with Crippen molar-refractivity contribution in [2.45, 2.75) is 37.9 Å². The van der Waals surface area contributed by atoms with Gasteiger partial charge in [0.25, 0.3) is 0 Å². The van der Waals surface area contributed by atoms with Gasteiger partial charge in [-0.05, 0) is 25.2 Å². The number of carbonyl (C=O) groups is 2. The van der Waals surface area contributed by atoms with Gasteiger partial charge >= 0.3 is 12.2 Å². The maximum absolute atomic E-state index is 12.3. The summed E-state index contributed by atoms with van der Waals surface area (Å²) in [6, 6.07) is -1.19. The first-order valence-electron chi connectivity index (χ1n) is 7.13. The van der Waals surface area contributed by atoms with Gasteiger partial charge in [0.2, 0.25) is 5.91 Å². The van der Waals surface area contributed by atoms with Crippen LogP contribution in [0.3, 0.4) is 0 Å². The Hall–Kier alpha value is -1.47. The fourth-order valence-electron chi connectivity index (χ4n) is 2.35. The Kier molecular flexibility index (Phi) is 4.63. The standard InChI is InChI=1S/C13H20F3N3O2/c1-18-6-4-10(11(18)20)17-12(21)19(8-9-2-3-9)7-5-13(14,15)16/h9-10H,2-8H2,1H3,(H,17,21). The van der Waals surface area contributed by atoms with Gasteiger partial charge in [0.15, 0.2) is 0 Å². The van der Waals surface area contributed by atoms with Crippen LogP contribution >= 0.6 is 0 Å². The van der Waals surface area contributed by atoms with E-state index in [1.165, 1.54) is 9.80 Å². The molecule has 0 spiro atoms. The van der Waals surface area contributed by atoms with E-state index in [0.29, 0.717) is 25.4 Å². The first kappa shape index (κ1) is 15.9. The first-order chi connectivity index (χ1) is 9.76. The molecular formula is C13H20F3N3O2. The van der Waals surface area contributed by atoms with Gasteiger partial charge in [0.1, 0.15) is 6.04 Å². The maximum Gasteiger partial charge on any atom is 0.390 e. The molecule has 0 aromatic heterocycles. The van der Waals surface area contributed by atoms with Crippen LogP contribution in [-0.4, -0.2) is 60.6 Å².